The second kappa shape index (κ2) is 15.6. The first kappa shape index (κ1) is 25.6. The van der Waals surface area contributed by atoms with E-state index in [1.807, 2.05) is 20.8 Å². The van der Waals surface area contributed by atoms with Crippen molar-refractivity contribution in [2.45, 2.75) is 103 Å². The van der Waals surface area contributed by atoms with Crippen LogP contribution in [0.15, 0.2) is 0 Å². The molecule has 0 aliphatic heterocycles. The van der Waals surface area contributed by atoms with E-state index in [0.717, 1.165) is 38.5 Å². The van der Waals surface area contributed by atoms with E-state index in [1.165, 1.54) is 0 Å². The third-order valence-corrected chi connectivity index (χ3v) is 4.53. The summed E-state index contributed by atoms with van der Waals surface area (Å²) in [4.78, 5) is 36.2. The molecule has 6 nitrogen and oxygen atoms in total. The number of aliphatic hydroxyl groups is 1. The summed E-state index contributed by atoms with van der Waals surface area (Å²) < 4.78 is 10.2. The first-order valence-electron chi connectivity index (χ1n) is 10.5. The Labute approximate surface area is 164 Å². The van der Waals surface area contributed by atoms with Gasteiger partial charge in [-0.1, -0.05) is 46.5 Å². The number of carbonyl (C=O) groups excluding carboxylic acids is 3. The lowest BCUT2D eigenvalue weighted by Gasteiger charge is -2.26. The minimum Gasteiger partial charge on any atom is -0.466 e. The van der Waals surface area contributed by atoms with Gasteiger partial charge in [-0.15, -0.1) is 0 Å². The van der Waals surface area contributed by atoms with Crippen molar-refractivity contribution in [3.05, 3.63) is 0 Å². The highest BCUT2D eigenvalue weighted by Crippen LogP contribution is 2.24. The van der Waals surface area contributed by atoms with Crippen LogP contribution in [0.2, 0.25) is 0 Å². The van der Waals surface area contributed by atoms with Crippen LogP contribution >= 0.6 is 0 Å². The zero-order valence-electron chi connectivity index (χ0n) is 17.4. The molecule has 0 aliphatic carbocycles. The molecular weight excluding hydrogens is 348 g/mol. The van der Waals surface area contributed by atoms with Gasteiger partial charge in [-0.3, -0.25) is 14.4 Å². The van der Waals surface area contributed by atoms with Gasteiger partial charge in [-0.05, 0) is 32.1 Å². The Hall–Kier alpha value is -1.43. The maximum absolute atomic E-state index is 12.5. The minimum absolute atomic E-state index is 0.0227. The molecule has 0 unspecified atom stereocenters. The number of esters is 2. The van der Waals surface area contributed by atoms with Gasteiger partial charge in [0.05, 0.1) is 13.2 Å². The Morgan fingerprint density at radius 2 is 1.15 bits per heavy atom. The molecule has 0 saturated carbocycles. The van der Waals surface area contributed by atoms with Crippen LogP contribution in [-0.2, 0) is 23.9 Å². The van der Waals surface area contributed by atoms with Gasteiger partial charge < -0.3 is 14.6 Å². The Morgan fingerprint density at radius 3 is 1.56 bits per heavy atom. The number of rotatable bonds is 17. The lowest BCUT2D eigenvalue weighted by Crippen LogP contribution is -2.40. The average molecular weight is 387 g/mol. The topological polar surface area (TPSA) is 89.9 Å². The van der Waals surface area contributed by atoms with E-state index < -0.39 is 17.5 Å². The molecule has 6 heteroatoms. The highest BCUT2D eigenvalue weighted by molar-refractivity contribution is 5.88. The summed E-state index contributed by atoms with van der Waals surface area (Å²) in [5.41, 5.74) is -1.68. The van der Waals surface area contributed by atoms with Crippen molar-refractivity contribution in [2.75, 3.05) is 13.2 Å². The van der Waals surface area contributed by atoms with Gasteiger partial charge in [0, 0.05) is 19.3 Å². The van der Waals surface area contributed by atoms with Crippen LogP contribution in [-0.4, -0.2) is 41.6 Å². The molecule has 0 amide bonds. The number of unbranched alkanes of at least 4 members (excludes halogenated alkanes) is 4. The number of Topliss-reactive ketones (excluding diaryl/α,β-unsaturated/α-hetero) is 1. The SMILES string of the molecule is CCCCCC(=O)C(O)(CCC(=O)OCCCC)CCC(=O)OCCCC. The lowest BCUT2D eigenvalue weighted by atomic mass is 9.85. The van der Waals surface area contributed by atoms with Crippen LogP contribution in [0.25, 0.3) is 0 Å². The zero-order chi connectivity index (χ0) is 20.5. The predicted octanol–water partition coefficient (Wildman–Crippen LogP) is 4.11. The maximum atomic E-state index is 12.5. The standard InChI is InChI=1S/C21H38O6/c1-4-7-10-11-18(22)21(25,14-12-19(23)26-16-8-5-2)15-13-20(24)27-17-9-6-3/h25H,4-17H2,1-3H3. The molecule has 0 spiro atoms. The molecule has 158 valence electrons. The molecule has 0 rings (SSSR count). The normalized spacial score (nSPS) is 11.3. The molecule has 1 N–H and O–H groups in total. The van der Waals surface area contributed by atoms with Crippen molar-refractivity contribution >= 4 is 17.7 Å². The first-order chi connectivity index (χ1) is 12.9. The molecule has 0 aliphatic rings. The Bertz CT molecular complexity index is 406. The van der Waals surface area contributed by atoms with E-state index in [0.29, 0.717) is 19.6 Å². The van der Waals surface area contributed by atoms with Crippen LogP contribution in [0.4, 0.5) is 0 Å². The highest BCUT2D eigenvalue weighted by atomic mass is 16.5. The monoisotopic (exact) mass is 386 g/mol. The predicted molar refractivity (Wildman–Crippen MR) is 104 cm³/mol. The van der Waals surface area contributed by atoms with E-state index in [2.05, 4.69) is 0 Å². The average Bonchev–Trinajstić information content (AvgIpc) is 2.65. The fourth-order valence-electron chi connectivity index (χ4n) is 2.59. The van der Waals surface area contributed by atoms with Crippen molar-refractivity contribution in [1.29, 1.82) is 0 Å². The second-order valence-electron chi connectivity index (χ2n) is 7.06. The van der Waals surface area contributed by atoms with Crippen LogP contribution < -0.4 is 0 Å². The largest absolute Gasteiger partial charge is 0.466 e. The number of ketones is 1. The van der Waals surface area contributed by atoms with Gasteiger partial charge in [0.2, 0.25) is 0 Å². The minimum atomic E-state index is -1.68. The van der Waals surface area contributed by atoms with Crippen molar-refractivity contribution in [3.8, 4) is 0 Å². The molecule has 0 saturated heterocycles. The molecular formula is C21H38O6. The molecule has 0 aromatic carbocycles. The number of carbonyl (C=O) groups is 3. The summed E-state index contributed by atoms with van der Waals surface area (Å²) in [6, 6.07) is 0. The van der Waals surface area contributed by atoms with Gasteiger partial charge >= 0.3 is 11.9 Å². The summed E-state index contributed by atoms with van der Waals surface area (Å²) in [7, 11) is 0. The van der Waals surface area contributed by atoms with Gasteiger partial charge in [0.25, 0.3) is 0 Å². The molecule has 0 bridgehead atoms. The van der Waals surface area contributed by atoms with Crippen molar-refractivity contribution in [3.63, 3.8) is 0 Å². The van der Waals surface area contributed by atoms with Crippen molar-refractivity contribution in [2.24, 2.45) is 0 Å². The van der Waals surface area contributed by atoms with E-state index in [1.54, 1.807) is 0 Å². The summed E-state index contributed by atoms with van der Waals surface area (Å²) in [5, 5.41) is 10.9. The second-order valence-corrected chi connectivity index (χ2v) is 7.06. The molecule has 0 aromatic heterocycles. The molecule has 27 heavy (non-hydrogen) atoms. The quantitative estimate of drug-likeness (QED) is 0.299. The zero-order valence-corrected chi connectivity index (χ0v) is 17.4. The number of hydrogen-bond donors (Lipinski definition) is 1. The first-order valence-corrected chi connectivity index (χ1v) is 10.5. The lowest BCUT2D eigenvalue weighted by molar-refractivity contribution is -0.149. The van der Waals surface area contributed by atoms with Crippen molar-refractivity contribution < 1.29 is 29.0 Å². The van der Waals surface area contributed by atoms with Gasteiger partial charge in [-0.2, -0.15) is 0 Å². The highest BCUT2D eigenvalue weighted by Gasteiger charge is 2.36. The van der Waals surface area contributed by atoms with Crippen LogP contribution in [0.5, 0.6) is 0 Å². The summed E-state index contributed by atoms with van der Waals surface area (Å²) in [5.74, 6) is -1.15. The Kier molecular flexibility index (Phi) is 14.8. The molecule has 0 heterocycles. The Morgan fingerprint density at radius 1 is 0.704 bits per heavy atom. The third-order valence-electron chi connectivity index (χ3n) is 4.53. The van der Waals surface area contributed by atoms with Crippen LogP contribution in [0, 0.1) is 0 Å². The fraction of sp³-hybridized carbons (Fsp3) is 0.857. The third kappa shape index (κ3) is 12.6. The van der Waals surface area contributed by atoms with Gasteiger partial charge in [0.15, 0.2) is 5.78 Å². The number of ether oxygens (including phenoxy) is 2. The number of hydrogen-bond acceptors (Lipinski definition) is 6. The molecule has 0 aromatic rings. The fourth-order valence-corrected chi connectivity index (χ4v) is 2.59. The van der Waals surface area contributed by atoms with E-state index in [4.69, 9.17) is 9.47 Å². The molecule has 0 atom stereocenters. The van der Waals surface area contributed by atoms with Crippen molar-refractivity contribution in [1.82, 2.24) is 0 Å². The smallest absolute Gasteiger partial charge is 0.305 e. The Balaban J connectivity index is 4.66. The van der Waals surface area contributed by atoms with E-state index in [-0.39, 0.29) is 37.9 Å². The molecule has 0 radical (unpaired) electrons. The van der Waals surface area contributed by atoms with Gasteiger partial charge in [-0.25, -0.2) is 0 Å². The van der Waals surface area contributed by atoms with Crippen LogP contribution in [0.3, 0.4) is 0 Å². The summed E-state index contributed by atoms with van der Waals surface area (Å²) >= 11 is 0. The van der Waals surface area contributed by atoms with E-state index >= 15 is 0 Å². The molecule has 0 fully saturated rings. The van der Waals surface area contributed by atoms with Gasteiger partial charge in [0.1, 0.15) is 5.60 Å². The van der Waals surface area contributed by atoms with E-state index in [9.17, 15) is 19.5 Å². The summed E-state index contributed by atoms with van der Waals surface area (Å²) in [6.07, 6.45) is 6.12. The summed E-state index contributed by atoms with van der Waals surface area (Å²) in [6.45, 7) is 6.74. The maximum Gasteiger partial charge on any atom is 0.305 e. The van der Waals surface area contributed by atoms with Crippen LogP contribution in [0.1, 0.15) is 97.8 Å².